The number of fused-ring (bicyclic) bond motifs is 1. The summed E-state index contributed by atoms with van der Waals surface area (Å²) in [6.45, 7) is 1.49. The molecule has 3 rings (SSSR count). The molecule has 3 aromatic rings. The minimum absolute atomic E-state index is 0.474. The molecule has 1 aromatic carbocycles. The second-order valence-corrected chi connectivity index (χ2v) is 6.52. The Labute approximate surface area is 129 Å². The van der Waals surface area contributed by atoms with Crippen LogP contribution in [0.2, 0.25) is 9.62 Å². The number of benzene rings is 1. The molecular weight excluding hydrogens is 317 g/mol. The fraction of sp³-hybridized carbons (Fsp3) is 0.250. The summed E-state index contributed by atoms with van der Waals surface area (Å²) in [5.74, 6) is 0. The van der Waals surface area contributed by atoms with Crippen molar-refractivity contribution in [2.45, 2.75) is 13.1 Å². The van der Waals surface area contributed by atoms with E-state index in [-0.39, 0.29) is 0 Å². The highest BCUT2D eigenvalue weighted by atomic mass is 35.5. The Kier molecular flexibility index (Phi) is 3.89. The van der Waals surface area contributed by atoms with Crippen molar-refractivity contribution in [1.29, 1.82) is 0 Å². The largest absolute Gasteiger partial charge is 0.297 e. The molecule has 0 saturated carbocycles. The van der Waals surface area contributed by atoms with Gasteiger partial charge in [-0.25, -0.2) is 4.98 Å². The summed E-state index contributed by atoms with van der Waals surface area (Å²) in [5.41, 5.74) is 2.91. The van der Waals surface area contributed by atoms with Gasteiger partial charge in [-0.15, -0.1) is 11.3 Å². The summed E-state index contributed by atoms with van der Waals surface area (Å²) >= 11 is 13.3. The molecule has 0 aliphatic carbocycles. The lowest BCUT2D eigenvalue weighted by Gasteiger charge is -2.15. The van der Waals surface area contributed by atoms with Gasteiger partial charge in [0.2, 0.25) is 0 Å². The zero-order valence-corrected chi connectivity index (χ0v) is 12.9. The monoisotopic (exact) mass is 327 g/mol. The highest BCUT2D eigenvalue weighted by Gasteiger charge is 2.11. The average Bonchev–Trinajstić information content (AvgIpc) is 2.96. The van der Waals surface area contributed by atoms with Gasteiger partial charge in [-0.2, -0.15) is 15.4 Å². The van der Waals surface area contributed by atoms with Crippen LogP contribution in [0, 0.1) is 0 Å². The Morgan fingerprint density at radius 3 is 2.75 bits per heavy atom. The molecule has 0 bridgehead atoms. The van der Waals surface area contributed by atoms with Crippen LogP contribution < -0.4 is 0 Å². The molecule has 104 valence electrons. The molecule has 0 amide bonds. The van der Waals surface area contributed by atoms with Crippen molar-refractivity contribution in [2.24, 2.45) is 0 Å². The van der Waals surface area contributed by atoms with E-state index in [1.54, 1.807) is 0 Å². The van der Waals surface area contributed by atoms with Crippen LogP contribution in [-0.4, -0.2) is 32.3 Å². The van der Waals surface area contributed by atoms with Crippen molar-refractivity contribution in [3.8, 4) is 0 Å². The summed E-state index contributed by atoms with van der Waals surface area (Å²) in [6, 6.07) is 6.03. The maximum Gasteiger partial charge on any atom is 0.185 e. The summed E-state index contributed by atoms with van der Waals surface area (Å²) in [7, 11) is 2.02. The van der Waals surface area contributed by atoms with Crippen molar-refractivity contribution in [2.75, 3.05) is 7.05 Å². The van der Waals surface area contributed by atoms with Gasteiger partial charge in [-0.05, 0) is 24.7 Å². The number of halogens is 2. The Morgan fingerprint density at radius 1 is 1.20 bits per heavy atom. The van der Waals surface area contributed by atoms with Crippen LogP contribution in [0.3, 0.4) is 0 Å². The highest BCUT2D eigenvalue weighted by molar-refractivity contribution is 7.16. The van der Waals surface area contributed by atoms with Crippen LogP contribution in [0.5, 0.6) is 0 Å². The quantitative estimate of drug-likeness (QED) is 0.798. The highest BCUT2D eigenvalue weighted by Crippen LogP contribution is 2.27. The van der Waals surface area contributed by atoms with E-state index in [4.69, 9.17) is 23.2 Å². The van der Waals surface area contributed by atoms with Crippen LogP contribution in [0.1, 0.15) is 10.4 Å². The number of hydrogen-bond acceptors (Lipinski definition) is 5. The summed E-state index contributed by atoms with van der Waals surface area (Å²) < 4.78 is 0.474. The predicted octanol–water partition coefficient (Wildman–Crippen LogP) is 3.35. The van der Waals surface area contributed by atoms with E-state index in [1.807, 2.05) is 25.2 Å². The number of hydrogen-bond donors (Lipinski definition) is 1. The maximum atomic E-state index is 6.02. The molecule has 2 aromatic heterocycles. The number of H-pyrrole nitrogens is 1. The molecule has 0 aliphatic rings. The van der Waals surface area contributed by atoms with Gasteiger partial charge in [0.15, 0.2) is 4.47 Å². The van der Waals surface area contributed by atoms with Crippen LogP contribution >= 0.6 is 34.5 Å². The first-order valence-electron chi connectivity index (χ1n) is 5.90. The Morgan fingerprint density at radius 2 is 2.00 bits per heavy atom. The van der Waals surface area contributed by atoms with E-state index in [9.17, 15) is 0 Å². The fourth-order valence-electron chi connectivity index (χ4n) is 2.00. The third-order valence-corrected chi connectivity index (χ3v) is 4.44. The fourth-order valence-corrected chi connectivity index (χ4v) is 3.47. The van der Waals surface area contributed by atoms with E-state index >= 15 is 0 Å². The first kappa shape index (κ1) is 13.8. The standard InChI is InChI=1S/C12H11Cl2N5S/c1-19(6-10-11(13)15-12(14)20-10)5-7-2-3-8-9(4-7)17-18-16-8/h2-4H,5-6H2,1H3,(H,16,17,18). The number of nitrogens with one attached hydrogen (secondary N) is 1. The third kappa shape index (κ3) is 2.93. The second-order valence-electron chi connectivity index (χ2n) is 4.50. The van der Waals surface area contributed by atoms with Crippen molar-refractivity contribution in [3.63, 3.8) is 0 Å². The Bertz CT molecular complexity index is 738. The minimum atomic E-state index is 0.474. The molecule has 0 radical (unpaired) electrons. The van der Waals surface area contributed by atoms with E-state index in [2.05, 4.69) is 25.3 Å². The number of rotatable bonds is 4. The van der Waals surface area contributed by atoms with Gasteiger partial charge < -0.3 is 0 Å². The summed E-state index contributed by atoms with van der Waals surface area (Å²) in [5, 5.41) is 11.2. The molecule has 0 aliphatic heterocycles. The van der Waals surface area contributed by atoms with E-state index in [1.165, 1.54) is 16.9 Å². The van der Waals surface area contributed by atoms with Crippen LogP contribution in [0.25, 0.3) is 11.0 Å². The molecule has 5 nitrogen and oxygen atoms in total. The molecule has 0 unspecified atom stereocenters. The van der Waals surface area contributed by atoms with Crippen LogP contribution in [0.15, 0.2) is 18.2 Å². The number of aromatic amines is 1. The number of thiazole rings is 1. The van der Waals surface area contributed by atoms with Gasteiger partial charge in [0.05, 0.1) is 4.88 Å². The van der Waals surface area contributed by atoms with Crippen molar-refractivity contribution in [3.05, 3.63) is 38.3 Å². The molecule has 20 heavy (non-hydrogen) atoms. The summed E-state index contributed by atoms with van der Waals surface area (Å²) in [6.07, 6.45) is 0. The van der Waals surface area contributed by atoms with E-state index < -0.39 is 0 Å². The summed E-state index contributed by atoms with van der Waals surface area (Å²) in [4.78, 5) is 7.13. The van der Waals surface area contributed by atoms with Crippen molar-refractivity contribution < 1.29 is 0 Å². The molecule has 0 saturated heterocycles. The van der Waals surface area contributed by atoms with Crippen LogP contribution in [0.4, 0.5) is 0 Å². The molecule has 0 fully saturated rings. The SMILES string of the molecule is CN(Cc1ccc2n[nH]nc2c1)Cc1sc(Cl)nc1Cl. The van der Waals surface area contributed by atoms with Crippen LogP contribution in [-0.2, 0) is 13.1 Å². The maximum absolute atomic E-state index is 6.02. The molecular formula is C12H11Cl2N5S. The molecule has 8 heteroatoms. The molecule has 1 N–H and O–H groups in total. The van der Waals surface area contributed by atoms with Crippen molar-refractivity contribution in [1.82, 2.24) is 25.3 Å². The van der Waals surface area contributed by atoms with Gasteiger partial charge >= 0.3 is 0 Å². The van der Waals surface area contributed by atoms with Gasteiger partial charge in [-0.1, -0.05) is 29.3 Å². The first-order chi connectivity index (χ1) is 9.61. The van der Waals surface area contributed by atoms with Gasteiger partial charge in [0.25, 0.3) is 0 Å². The van der Waals surface area contributed by atoms with Crippen molar-refractivity contribution >= 4 is 45.6 Å². The molecule has 2 heterocycles. The lowest BCUT2D eigenvalue weighted by atomic mass is 10.2. The zero-order chi connectivity index (χ0) is 14.1. The smallest absolute Gasteiger partial charge is 0.185 e. The minimum Gasteiger partial charge on any atom is -0.297 e. The second kappa shape index (κ2) is 5.65. The van der Waals surface area contributed by atoms with E-state index in [0.717, 1.165) is 22.5 Å². The van der Waals surface area contributed by atoms with Gasteiger partial charge in [0.1, 0.15) is 16.2 Å². The Hall–Kier alpha value is -1.21. The first-order valence-corrected chi connectivity index (χ1v) is 7.48. The molecule has 0 atom stereocenters. The lowest BCUT2D eigenvalue weighted by Crippen LogP contribution is -2.16. The predicted molar refractivity (Wildman–Crippen MR) is 81.2 cm³/mol. The normalized spacial score (nSPS) is 11.6. The lowest BCUT2D eigenvalue weighted by molar-refractivity contribution is 0.322. The Balaban J connectivity index is 1.71. The molecule has 0 spiro atoms. The van der Waals surface area contributed by atoms with Gasteiger partial charge in [0, 0.05) is 13.1 Å². The topological polar surface area (TPSA) is 57.7 Å². The van der Waals surface area contributed by atoms with Gasteiger partial charge in [-0.3, -0.25) is 4.90 Å². The zero-order valence-electron chi connectivity index (χ0n) is 10.6. The number of nitrogens with zero attached hydrogens (tertiary/aromatic N) is 4. The number of aromatic nitrogens is 4. The third-order valence-electron chi connectivity index (χ3n) is 2.87. The van der Waals surface area contributed by atoms with E-state index in [0.29, 0.717) is 16.2 Å². The average molecular weight is 328 g/mol.